The number of likely N-dealkylation sites (tertiary alicyclic amines) is 1. The van der Waals surface area contributed by atoms with E-state index in [0.717, 1.165) is 80.7 Å². The predicted molar refractivity (Wildman–Crippen MR) is 116 cm³/mol. The Kier molecular flexibility index (Phi) is 6.26. The summed E-state index contributed by atoms with van der Waals surface area (Å²) in [6, 6.07) is 6.38. The molecule has 2 fully saturated rings. The van der Waals surface area contributed by atoms with E-state index >= 15 is 0 Å². The molecule has 2 saturated heterocycles. The Morgan fingerprint density at radius 1 is 1.03 bits per heavy atom. The lowest BCUT2D eigenvalue weighted by molar-refractivity contribution is 0.165. The van der Waals surface area contributed by atoms with Crippen LogP contribution in [0.4, 0.5) is 5.82 Å². The van der Waals surface area contributed by atoms with Crippen LogP contribution in [0, 0.1) is 17.2 Å². The Labute approximate surface area is 173 Å². The number of nitriles is 1. The van der Waals surface area contributed by atoms with E-state index in [2.05, 4.69) is 49.7 Å². The van der Waals surface area contributed by atoms with E-state index in [-0.39, 0.29) is 0 Å². The van der Waals surface area contributed by atoms with Gasteiger partial charge in [0.25, 0.3) is 0 Å². The van der Waals surface area contributed by atoms with Crippen LogP contribution in [0.3, 0.4) is 0 Å². The van der Waals surface area contributed by atoms with E-state index in [1.807, 2.05) is 18.4 Å². The number of piperidine rings is 1. The number of nitrogens with zero attached hydrogens (tertiary/aromatic N) is 6. The Bertz CT molecular complexity index is 803. The van der Waals surface area contributed by atoms with Crippen LogP contribution < -0.4 is 4.90 Å². The third-order valence-corrected chi connectivity index (χ3v) is 6.39. The van der Waals surface area contributed by atoms with Gasteiger partial charge in [-0.2, -0.15) is 5.26 Å². The van der Waals surface area contributed by atoms with Gasteiger partial charge in [-0.05, 0) is 61.6 Å². The van der Waals surface area contributed by atoms with Crippen molar-refractivity contribution in [2.45, 2.75) is 25.7 Å². The van der Waals surface area contributed by atoms with E-state index in [9.17, 15) is 0 Å². The van der Waals surface area contributed by atoms with E-state index < -0.39 is 0 Å². The minimum absolute atomic E-state index is 0.792. The summed E-state index contributed by atoms with van der Waals surface area (Å²) in [5.41, 5.74) is 2.92. The van der Waals surface area contributed by atoms with Gasteiger partial charge in [-0.1, -0.05) is 12.7 Å². The van der Waals surface area contributed by atoms with E-state index in [1.54, 1.807) is 0 Å². The molecule has 2 aliphatic heterocycles. The molecular weight excluding hydrogens is 360 g/mol. The molecule has 0 radical (unpaired) electrons. The van der Waals surface area contributed by atoms with Gasteiger partial charge < -0.3 is 9.80 Å². The second kappa shape index (κ2) is 9.23. The molecule has 0 amide bonds. The number of allylic oxidation sites excluding steroid dienone is 4. The van der Waals surface area contributed by atoms with Crippen molar-refractivity contribution in [3.63, 3.8) is 0 Å². The van der Waals surface area contributed by atoms with Gasteiger partial charge in [0.2, 0.25) is 0 Å². The van der Waals surface area contributed by atoms with Gasteiger partial charge in [0, 0.05) is 51.4 Å². The van der Waals surface area contributed by atoms with Crippen molar-refractivity contribution in [1.82, 2.24) is 20.0 Å². The summed E-state index contributed by atoms with van der Waals surface area (Å²) in [4.78, 5) is 7.29. The molecule has 4 rings (SSSR count). The van der Waals surface area contributed by atoms with Gasteiger partial charge in [-0.15, -0.1) is 10.2 Å². The maximum absolute atomic E-state index is 8.97. The monoisotopic (exact) mass is 390 g/mol. The molecule has 0 atom stereocenters. The molecule has 1 aliphatic carbocycles. The van der Waals surface area contributed by atoms with Crippen LogP contribution in [-0.4, -0.2) is 65.8 Å². The van der Waals surface area contributed by atoms with Crippen LogP contribution in [0.25, 0.3) is 5.57 Å². The minimum Gasteiger partial charge on any atom is -0.378 e. The first kappa shape index (κ1) is 19.7. The highest BCUT2D eigenvalue weighted by atomic mass is 15.3. The molecule has 1 aromatic heterocycles. The Morgan fingerprint density at radius 3 is 2.41 bits per heavy atom. The van der Waals surface area contributed by atoms with Gasteiger partial charge in [0.1, 0.15) is 0 Å². The molecule has 1 aromatic rings. The van der Waals surface area contributed by atoms with Gasteiger partial charge in [-0.25, -0.2) is 0 Å². The molecule has 3 aliphatic rings. The normalized spacial score (nSPS) is 21.3. The zero-order chi connectivity index (χ0) is 20.1. The largest absolute Gasteiger partial charge is 0.378 e. The summed E-state index contributed by atoms with van der Waals surface area (Å²) in [7, 11) is 0. The summed E-state index contributed by atoms with van der Waals surface area (Å²) in [6.07, 6.45) is 10.1. The van der Waals surface area contributed by atoms with Crippen LogP contribution in [0.5, 0.6) is 0 Å². The Balaban J connectivity index is 1.27. The van der Waals surface area contributed by atoms with Gasteiger partial charge in [0.05, 0.1) is 11.8 Å². The van der Waals surface area contributed by atoms with E-state index in [1.165, 1.54) is 19.4 Å². The number of piperazine rings is 1. The third-order valence-electron chi connectivity index (χ3n) is 6.39. The summed E-state index contributed by atoms with van der Waals surface area (Å²) in [6.45, 7) is 11.6. The fourth-order valence-corrected chi connectivity index (χ4v) is 4.45. The highest BCUT2D eigenvalue weighted by Crippen LogP contribution is 2.26. The predicted octanol–water partition coefficient (Wildman–Crippen LogP) is 3.08. The quantitative estimate of drug-likeness (QED) is 0.770. The van der Waals surface area contributed by atoms with Crippen LogP contribution in [-0.2, 0) is 0 Å². The lowest BCUT2D eigenvalue weighted by atomic mass is 9.96. The van der Waals surface area contributed by atoms with Crippen LogP contribution in [0.1, 0.15) is 31.4 Å². The van der Waals surface area contributed by atoms with Crippen molar-refractivity contribution in [2.75, 3.05) is 50.7 Å². The summed E-state index contributed by atoms with van der Waals surface area (Å²) >= 11 is 0. The zero-order valence-electron chi connectivity index (χ0n) is 17.1. The highest BCUT2D eigenvalue weighted by Gasteiger charge is 2.23. The number of aromatic nitrogens is 2. The maximum Gasteiger partial charge on any atom is 0.151 e. The van der Waals surface area contributed by atoms with Crippen LogP contribution in [0.2, 0.25) is 0 Å². The van der Waals surface area contributed by atoms with E-state index in [4.69, 9.17) is 5.26 Å². The molecule has 3 heterocycles. The smallest absolute Gasteiger partial charge is 0.151 e. The molecule has 0 unspecified atom stereocenters. The fourth-order valence-electron chi connectivity index (χ4n) is 4.45. The first-order valence-corrected chi connectivity index (χ1v) is 10.7. The van der Waals surface area contributed by atoms with Gasteiger partial charge >= 0.3 is 0 Å². The molecule has 0 spiro atoms. The van der Waals surface area contributed by atoms with Crippen molar-refractivity contribution < 1.29 is 0 Å². The molecule has 0 N–H and O–H groups in total. The lowest BCUT2D eigenvalue weighted by Crippen LogP contribution is -2.49. The number of hydrogen-bond acceptors (Lipinski definition) is 6. The summed E-state index contributed by atoms with van der Waals surface area (Å²) in [5.74, 6) is 1.79. The second-order valence-corrected chi connectivity index (χ2v) is 8.22. The molecule has 0 saturated carbocycles. The van der Waals surface area contributed by atoms with E-state index in [0.29, 0.717) is 0 Å². The van der Waals surface area contributed by atoms with Gasteiger partial charge in [-0.3, -0.25) is 4.90 Å². The first-order chi connectivity index (χ1) is 14.2. The lowest BCUT2D eigenvalue weighted by Gasteiger charge is -2.39. The Hall–Kier alpha value is -2.65. The number of anilines is 1. The summed E-state index contributed by atoms with van der Waals surface area (Å²) < 4.78 is 0. The maximum atomic E-state index is 8.97. The topological polar surface area (TPSA) is 59.3 Å². The highest BCUT2D eigenvalue weighted by molar-refractivity contribution is 5.67. The molecular formula is C23H30N6. The standard InChI is InChI=1S/C23H30N6/c1-2-27-11-9-20(10-12-27)18-28-13-15-29(16-14-28)23-8-7-22(25-26-23)21-5-3-19(17-24)4-6-21/h2-3,5,7-8,20H,1,4,6,9-16,18H2. The zero-order valence-corrected chi connectivity index (χ0v) is 17.1. The van der Waals surface area contributed by atoms with Crippen molar-refractivity contribution in [1.29, 1.82) is 5.26 Å². The molecule has 152 valence electrons. The fraction of sp³-hybridized carbons (Fsp3) is 0.522. The molecule has 6 nitrogen and oxygen atoms in total. The molecule has 29 heavy (non-hydrogen) atoms. The van der Waals surface area contributed by atoms with Gasteiger partial charge in [0.15, 0.2) is 5.82 Å². The SMILES string of the molecule is C=CN1CCC(CN2CCN(c3ccc(C4=CC=C(C#N)CC4)nn3)CC2)CC1. The Morgan fingerprint density at radius 2 is 1.83 bits per heavy atom. The average Bonchev–Trinajstić information content (AvgIpc) is 2.80. The van der Waals surface area contributed by atoms with Crippen molar-refractivity contribution in [3.05, 3.63) is 48.3 Å². The van der Waals surface area contributed by atoms with Crippen molar-refractivity contribution >= 4 is 11.4 Å². The average molecular weight is 391 g/mol. The first-order valence-electron chi connectivity index (χ1n) is 10.7. The van der Waals surface area contributed by atoms with Crippen molar-refractivity contribution in [2.24, 2.45) is 5.92 Å². The molecule has 6 heteroatoms. The third kappa shape index (κ3) is 4.86. The number of hydrogen-bond donors (Lipinski definition) is 0. The minimum atomic E-state index is 0.792. The molecule has 0 aromatic carbocycles. The van der Waals surface area contributed by atoms with Crippen LogP contribution in [0.15, 0.2) is 42.6 Å². The van der Waals surface area contributed by atoms with Crippen molar-refractivity contribution in [3.8, 4) is 6.07 Å². The second-order valence-electron chi connectivity index (χ2n) is 8.22. The molecule has 0 bridgehead atoms. The van der Waals surface area contributed by atoms with Crippen LogP contribution >= 0.6 is 0 Å². The number of rotatable bonds is 5. The summed E-state index contributed by atoms with van der Waals surface area (Å²) in [5, 5.41) is 17.9.